The number of imide groups is 1. The van der Waals surface area contributed by atoms with Crippen LogP contribution in [0.15, 0.2) is 18.2 Å². The molecule has 0 aromatic heterocycles. The summed E-state index contributed by atoms with van der Waals surface area (Å²) in [6.45, 7) is 1.70. The van der Waals surface area contributed by atoms with Crippen LogP contribution < -0.4 is 14.8 Å². The van der Waals surface area contributed by atoms with E-state index in [-0.39, 0.29) is 24.2 Å². The van der Waals surface area contributed by atoms with Crippen molar-refractivity contribution in [2.24, 2.45) is 5.92 Å². The van der Waals surface area contributed by atoms with E-state index in [1.54, 1.807) is 18.2 Å². The normalized spacial score (nSPS) is 25.3. The molecule has 0 radical (unpaired) electrons. The molecule has 1 aromatic rings. The van der Waals surface area contributed by atoms with Gasteiger partial charge in [-0.2, -0.15) is 0 Å². The van der Waals surface area contributed by atoms with E-state index in [0.717, 1.165) is 24.2 Å². The first-order valence-corrected chi connectivity index (χ1v) is 8.82. The third-order valence-corrected chi connectivity index (χ3v) is 5.51. The van der Waals surface area contributed by atoms with Crippen LogP contribution in [0.5, 0.6) is 11.5 Å². The van der Waals surface area contributed by atoms with Gasteiger partial charge in [-0.3, -0.25) is 14.5 Å². The van der Waals surface area contributed by atoms with Crippen molar-refractivity contribution in [1.82, 2.24) is 10.2 Å². The number of hydrogen-bond acceptors (Lipinski definition) is 5. The van der Waals surface area contributed by atoms with Gasteiger partial charge in [-0.25, -0.2) is 4.79 Å². The molecule has 1 N–H and O–H groups in total. The predicted molar refractivity (Wildman–Crippen MR) is 94.5 cm³/mol. The van der Waals surface area contributed by atoms with Gasteiger partial charge in [0.2, 0.25) is 0 Å². The van der Waals surface area contributed by atoms with Crippen LogP contribution in [-0.4, -0.2) is 48.9 Å². The maximum atomic E-state index is 12.9. The number of carbonyl (C=O) groups excluding carboxylic acids is 3. The Morgan fingerprint density at radius 1 is 1.23 bits per heavy atom. The zero-order valence-corrected chi connectivity index (χ0v) is 15.3. The summed E-state index contributed by atoms with van der Waals surface area (Å²) in [5.41, 5.74) is -0.492. The first kappa shape index (κ1) is 18.2. The highest BCUT2D eigenvalue weighted by Crippen LogP contribution is 2.38. The molecule has 2 fully saturated rings. The molecule has 1 saturated carbocycles. The largest absolute Gasteiger partial charge is 0.493 e. The quantitative estimate of drug-likeness (QED) is 0.644. The second-order valence-corrected chi connectivity index (χ2v) is 6.93. The molecule has 2 atom stereocenters. The maximum Gasteiger partial charge on any atom is 0.325 e. The molecule has 1 heterocycles. The Hall–Kier alpha value is -2.57. The molecular formula is C19H24N2O5. The number of rotatable bonds is 5. The van der Waals surface area contributed by atoms with Gasteiger partial charge >= 0.3 is 6.03 Å². The Morgan fingerprint density at radius 3 is 2.62 bits per heavy atom. The first-order valence-electron chi connectivity index (χ1n) is 8.82. The van der Waals surface area contributed by atoms with Crippen LogP contribution in [0.1, 0.15) is 43.0 Å². The lowest BCUT2D eigenvalue weighted by molar-refractivity contribution is -0.133. The van der Waals surface area contributed by atoms with Gasteiger partial charge in [-0.15, -0.1) is 0 Å². The summed E-state index contributed by atoms with van der Waals surface area (Å²) < 4.78 is 10.4. The fraction of sp³-hybridized carbons (Fsp3) is 0.526. The third kappa shape index (κ3) is 2.91. The van der Waals surface area contributed by atoms with E-state index in [2.05, 4.69) is 5.32 Å². The van der Waals surface area contributed by atoms with Gasteiger partial charge in [-0.05, 0) is 37.0 Å². The predicted octanol–water partition coefficient (Wildman–Crippen LogP) is 2.39. The zero-order valence-electron chi connectivity index (χ0n) is 15.3. The summed E-state index contributed by atoms with van der Waals surface area (Å²) in [6, 6.07) is 4.29. The highest BCUT2D eigenvalue weighted by atomic mass is 16.5. The van der Waals surface area contributed by atoms with Crippen molar-refractivity contribution in [3.05, 3.63) is 23.8 Å². The van der Waals surface area contributed by atoms with Gasteiger partial charge < -0.3 is 14.8 Å². The average molecular weight is 360 g/mol. The lowest BCUT2D eigenvalue weighted by Crippen LogP contribution is -2.54. The monoisotopic (exact) mass is 360 g/mol. The van der Waals surface area contributed by atoms with E-state index >= 15 is 0 Å². The fourth-order valence-corrected chi connectivity index (χ4v) is 3.88. The van der Waals surface area contributed by atoms with Crippen LogP contribution in [-0.2, 0) is 4.79 Å². The Bertz CT molecular complexity index is 747. The molecule has 2 aliphatic rings. The van der Waals surface area contributed by atoms with E-state index in [4.69, 9.17) is 9.47 Å². The summed E-state index contributed by atoms with van der Waals surface area (Å²) in [5.74, 6) is 0.384. The van der Waals surface area contributed by atoms with Crippen molar-refractivity contribution in [3.8, 4) is 11.5 Å². The molecule has 1 saturated heterocycles. The molecule has 1 spiro atoms. The van der Waals surface area contributed by atoms with Gasteiger partial charge in [0, 0.05) is 5.56 Å². The molecular weight excluding hydrogens is 336 g/mol. The lowest BCUT2D eigenvalue weighted by Gasteiger charge is -2.36. The number of ketones is 1. The number of ether oxygens (including phenoxy) is 2. The highest BCUT2D eigenvalue weighted by molar-refractivity contribution is 6.11. The molecule has 140 valence electrons. The molecule has 0 bridgehead atoms. The summed E-state index contributed by atoms with van der Waals surface area (Å²) in [6.07, 6.45) is 3.47. The number of hydrogen-bond donors (Lipinski definition) is 1. The Morgan fingerprint density at radius 2 is 1.96 bits per heavy atom. The first-order chi connectivity index (χ1) is 12.4. The minimum Gasteiger partial charge on any atom is -0.493 e. The summed E-state index contributed by atoms with van der Waals surface area (Å²) in [5, 5.41) is 2.86. The van der Waals surface area contributed by atoms with Crippen LogP contribution in [0.4, 0.5) is 4.79 Å². The van der Waals surface area contributed by atoms with E-state index in [0.29, 0.717) is 23.5 Å². The van der Waals surface area contributed by atoms with Crippen LogP contribution in [0.3, 0.4) is 0 Å². The molecule has 26 heavy (non-hydrogen) atoms. The Kier molecular flexibility index (Phi) is 4.89. The summed E-state index contributed by atoms with van der Waals surface area (Å²) in [7, 11) is 3.00. The maximum absolute atomic E-state index is 12.9. The SMILES string of the molecule is COc1ccc(C(=O)CN2C(=O)N[C@]3(CCCC[C@@H]3C)C2=O)cc1OC. The number of benzene rings is 1. The smallest absolute Gasteiger partial charge is 0.325 e. The molecule has 1 aliphatic heterocycles. The van der Waals surface area contributed by atoms with Crippen LogP contribution in [0.2, 0.25) is 0 Å². The van der Waals surface area contributed by atoms with Crippen molar-refractivity contribution >= 4 is 17.7 Å². The Balaban J connectivity index is 1.79. The van der Waals surface area contributed by atoms with Gasteiger partial charge in [0.15, 0.2) is 17.3 Å². The van der Waals surface area contributed by atoms with Gasteiger partial charge in [0.05, 0.1) is 20.8 Å². The average Bonchev–Trinajstić information content (AvgIpc) is 2.88. The molecule has 7 heteroatoms. The standard InChI is InChI=1S/C19H24N2O5/c1-12-6-4-5-9-19(12)17(23)21(18(24)20-19)11-14(22)13-7-8-15(25-2)16(10-13)26-3/h7-8,10,12H,4-6,9,11H2,1-3H3,(H,20,24)/t12-,19-/m0/s1. The Labute approximate surface area is 152 Å². The van der Waals surface area contributed by atoms with E-state index in [1.807, 2.05) is 6.92 Å². The number of nitrogens with one attached hydrogen (secondary N) is 1. The van der Waals surface area contributed by atoms with E-state index in [1.165, 1.54) is 14.2 Å². The number of amides is 3. The molecule has 7 nitrogen and oxygen atoms in total. The van der Waals surface area contributed by atoms with Crippen molar-refractivity contribution in [3.63, 3.8) is 0 Å². The van der Waals surface area contributed by atoms with Gasteiger partial charge in [-0.1, -0.05) is 19.8 Å². The third-order valence-electron chi connectivity index (χ3n) is 5.51. The number of Topliss-reactive ketones (excluding diaryl/α,β-unsaturated/α-hetero) is 1. The van der Waals surface area contributed by atoms with E-state index in [9.17, 15) is 14.4 Å². The van der Waals surface area contributed by atoms with E-state index < -0.39 is 11.6 Å². The van der Waals surface area contributed by atoms with Crippen LogP contribution >= 0.6 is 0 Å². The second kappa shape index (κ2) is 6.97. The molecule has 0 unspecified atom stereocenters. The molecule has 1 aromatic carbocycles. The molecule has 1 aliphatic carbocycles. The van der Waals surface area contributed by atoms with Gasteiger partial charge in [0.25, 0.3) is 5.91 Å². The van der Waals surface area contributed by atoms with Gasteiger partial charge in [0.1, 0.15) is 5.54 Å². The van der Waals surface area contributed by atoms with Crippen LogP contribution in [0.25, 0.3) is 0 Å². The summed E-state index contributed by atoms with van der Waals surface area (Å²) in [4.78, 5) is 39.0. The number of urea groups is 1. The van der Waals surface area contributed by atoms with Crippen LogP contribution in [0, 0.1) is 5.92 Å². The minimum absolute atomic E-state index is 0.0638. The topological polar surface area (TPSA) is 84.9 Å². The second-order valence-electron chi connectivity index (χ2n) is 6.93. The zero-order chi connectivity index (χ0) is 18.9. The highest BCUT2D eigenvalue weighted by Gasteiger charge is 2.55. The fourth-order valence-electron chi connectivity index (χ4n) is 3.88. The lowest BCUT2D eigenvalue weighted by atomic mass is 9.73. The number of nitrogens with zero attached hydrogens (tertiary/aromatic N) is 1. The minimum atomic E-state index is -0.854. The number of methoxy groups -OCH3 is 2. The number of carbonyl (C=O) groups is 3. The van der Waals surface area contributed by atoms with Crippen molar-refractivity contribution in [2.45, 2.75) is 38.1 Å². The van der Waals surface area contributed by atoms with Crippen molar-refractivity contribution < 1.29 is 23.9 Å². The van der Waals surface area contributed by atoms with Crippen molar-refractivity contribution in [2.75, 3.05) is 20.8 Å². The molecule has 3 amide bonds. The van der Waals surface area contributed by atoms with Crippen molar-refractivity contribution in [1.29, 1.82) is 0 Å². The summed E-state index contributed by atoms with van der Waals surface area (Å²) >= 11 is 0. The molecule has 3 rings (SSSR count).